The molecule has 0 atom stereocenters. The molecule has 5 nitrogen and oxygen atoms in total. The molecule has 0 saturated heterocycles. The molecule has 0 aliphatic rings. The fraction of sp³-hybridized carbons (Fsp3) is 0.214. The van der Waals surface area contributed by atoms with Crippen molar-refractivity contribution in [1.82, 2.24) is 5.32 Å². The van der Waals surface area contributed by atoms with Crippen LogP contribution in [0.4, 0.5) is 10.7 Å². The quantitative estimate of drug-likeness (QED) is 0.685. The number of nitrogen functional groups attached to an aromatic ring is 1. The predicted octanol–water partition coefficient (Wildman–Crippen LogP) is 2.93. The Kier molecular flexibility index (Phi) is 5.24. The van der Waals surface area contributed by atoms with Gasteiger partial charge < -0.3 is 21.1 Å². The molecule has 0 aliphatic heterocycles. The van der Waals surface area contributed by atoms with Crippen LogP contribution in [0.15, 0.2) is 30.2 Å². The van der Waals surface area contributed by atoms with Crippen molar-refractivity contribution < 1.29 is 9.53 Å². The van der Waals surface area contributed by atoms with Gasteiger partial charge in [0, 0.05) is 11.4 Å². The average molecular weight is 323 g/mol. The number of amides is 1. The van der Waals surface area contributed by atoms with E-state index in [9.17, 15) is 4.79 Å². The fourth-order valence-electron chi connectivity index (χ4n) is 1.74. The van der Waals surface area contributed by atoms with Crippen LogP contribution in [0.2, 0.25) is 0 Å². The summed E-state index contributed by atoms with van der Waals surface area (Å²) in [4.78, 5) is 13.7. The number of thiophene rings is 2. The van der Waals surface area contributed by atoms with Crippen LogP contribution in [-0.4, -0.2) is 19.6 Å². The molecule has 0 saturated carbocycles. The summed E-state index contributed by atoms with van der Waals surface area (Å²) < 4.78 is 5.31. The third kappa shape index (κ3) is 3.56. The minimum atomic E-state index is -0.222. The highest BCUT2D eigenvalue weighted by Crippen LogP contribution is 2.42. The molecular weight excluding hydrogens is 306 g/mol. The van der Waals surface area contributed by atoms with Gasteiger partial charge in [0.2, 0.25) is 0 Å². The lowest BCUT2D eigenvalue weighted by Gasteiger charge is -2.05. The van der Waals surface area contributed by atoms with Crippen LogP contribution in [0.25, 0.3) is 0 Å². The molecule has 0 aliphatic carbocycles. The number of nitrogens with one attached hydrogen (secondary N) is 2. The second-order valence-corrected chi connectivity index (χ2v) is 6.19. The van der Waals surface area contributed by atoms with Crippen LogP contribution < -0.4 is 21.1 Å². The molecule has 0 aromatic carbocycles. The second-order valence-electron chi connectivity index (χ2n) is 4.14. The molecule has 0 bridgehead atoms. The van der Waals surface area contributed by atoms with Crippen molar-refractivity contribution in [2.75, 3.05) is 24.7 Å². The summed E-state index contributed by atoms with van der Waals surface area (Å²) in [7, 11) is 1.54. The Morgan fingerprint density at radius 2 is 2.38 bits per heavy atom. The smallest absolute Gasteiger partial charge is 0.263 e. The topological polar surface area (TPSA) is 76.4 Å². The van der Waals surface area contributed by atoms with Gasteiger partial charge in [-0.15, -0.1) is 29.3 Å². The van der Waals surface area contributed by atoms with Gasteiger partial charge in [0.25, 0.3) is 5.91 Å². The molecule has 0 spiro atoms. The third-order valence-corrected chi connectivity index (χ3v) is 4.74. The summed E-state index contributed by atoms with van der Waals surface area (Å²) in [6.45, 7) is 4.63. The number of carbonyl (C=O) groups is 1. The van der Waals surface area contributed by atoms with Gasteiger partial charge in [-0.1, -0.05) is 12.1 Å². The Balaban J connectivity index is 2.16. The Morgan fingerprint density at radius 3 is 3.00 bits per heavy atom. The lowest BCUT2D eigenvalue weighted by Crippen LogP contribution is -2.23. The fourth-order valence-corrected chi connectivity index (χ4v) is 3.39. The van der Waals surface area contributed by atoms with Crippen molar-refractivity contribution in [3.63, 3.8) is 0 Å². The number of hydrogen-bond donors (Lipinski definition) is 3. The lowest BCUT2D eigenvalue weighted by molar-refractivity contribution is 0.0962. The Morgan fingerprint density at radius 1 is 1.57 bits per heavy atom. The van der Waals surface area contributed by atoms with E-state index in [0.29, 0.717) is 29.4 Å². The number of nitrogens with two attached hydrogens (primary N) is 1. The summed E-state index contributed by atoms with van der Waals surface area (Å²) in [6, 6.07) is 4.04. The molecule has 2 heterocycles. The normalized spacial score (nSPS) is 10.1. The Bertz CT molecular complexity index is 620. The van der Waals surface area contributed by atoms with E-state index in [-0.39, 0.29) is 5.91 Å². The first-order valence-corrected chi connectivity index (χ1v) is 7.98. The van der Waals surface area contributed by atoms with Gasteiger partial charge >= 0.3 is 0 Å². The first kappa shape index (κ1) is 15.4. The average Bonchev–Trinajstić information content (AvgIpc) is 3.10. The summed E-state index contributed by atoms with van der Waals surface area (Å²) in [5, 5.41) is 8.75. The summed E-state index contributed by atoms with van der Waals surface area (Å²) in [6.07, 6.45) is 1.62. The number of anilines is 2. The minimum Gasteiger partial charge on any atom is -0.492 e. The van der Waals surface area contributed by atoms with Gasteiger partial charge in [0.05, 0.1) is 13.7 Å². The molecule has 2 rings (SSSR count). The molecular formula is C14H17N3O2S2. The summed E-state index contributed by atoms with van der Waals surface area (Å²) in [5.41, 5.74) is 6.36. The van der Waals surface area contributed by atoms with Crippen LogP contribution in [-0.2, 0) is 6.54 Å². The number of methoxy groups -OCH3 is 1. The highest BCUT2D eigenvalue weighted by atomic mass is 32.1. The molecule has 1 amide bonds. The van der Waals surface area contributed by atoms with Gasteiger partial charge in [0.1, 0.15) is 15.6 Å². The Hall–Kier alpha value is -1.99. The number of ether oxygens (including phenoxy) is 1. The number of carbonyl (C=O) groups excluding carboxylic acids is 1. The van der Waals surface area contributed by atoms with Crippen LogP contribution in [0.5, 0.6) is 5.75 Å². The zero-order valence-corrected chi connectivity index (χ0v) is 13.3. The highest BCUT2D eigenvalue weighted by Gasteiger charge is 2.21. The van der Waals surface area contributed by atoms with Crippen LogP contribution in [0.3, 0.4) is 0 Å². The molecule has 2 aromatic rings. The standard InChI is InChI=1S/C14H17N3O2S2/c1-3-6-16-13(18)12-10(15)11(19-2)14(21-12)17-8-9-5-4-7-20-9/h3-5,7,17H,1,6,8,15H2,2H3,(H,16,18). The van der Waals surface area contributed by atoms with Crippen molar-refractivity contribution in [3.05, 3.63) is 39.9 Å². The SMILES string of the molecule is C=CCNC(=O)c1sc(NCc2cccs2)c(OC)c1N. The molecule has 112 valence electrons. The molecule has 2 aromatic heterocycles. The van der Waals surface area contributed by atoms with E-state index in [4.69, 9.17) is 10.5 Å². The van der Waals surface area contributed by atoms with E-state index in [1.807, 2.05) is 17.5 Å². The molecule has 0 unspecified atom stereocenters. The summed E-state index contributed by atoms with van der Waals surface area (Å²) >= 11 is 2.95. The first-order valence-electron chi connectivity index (χ1n) is 6.29. The monoisotopic (exact) mass is 323 g/mol. The third-order valence-electron chi connectivity index (χ3n) is 2.72. The van der Waals surface area contributed by atoms with Crippen molar-refractivity contribution in [1.29, 1.82) is 0 Å². The van der Waals surface area contributed by atoms with Crippen LogP contribution in [0.1, 0.15) is 14.5 Å². The van der Waals surface area contributed by atoms with E-state index >= 15 is 0 Å². The Labute approximate surface area is 131 Å². The van der Waals surface area contributed by atoms with Gasteiger partial charge in [-0.2, -0.15) is 0 Å². The van der Waals surface area contributed by atoms with E-state index in [0.717, 1.165) is 5.00 Å². The van der Waals surface area contributed by atoms with Gasteiger partial charge in [0.15, 0.2) is 5.75 Å². The van der Waals surface area contributed by atoms with Crippen molar-refractivity contribution in [2.45, 2.75) is 6.54 Å². The molecule has 0 fully saturated rings. The van der Waals surface area contributed by atoms with Crippen LogP contribution in [0, 0.1) is 0 Å². The maximum absolute atomic E-state index is 12.0. The van der Waals surface area contributed by atoms with Gasteiger partial charge in [-0.25, -0.2) is 0 Å². The van der Waals surface area contributed by atoms with Crippen LogP contribution >= 0.6 is 22.7 Å². The van der Waals surface area contributed by atoms with Crippen molar-refractivity contribution in [3.8, 4) is 5.75 Å². The summed E-state index contributed by atoms with van der Waals surface area (Å²) in [5.74, 6) is 0.292. The lowest BCUT2D eigenvalue weighted by atomic mass is 10.3. The molecule has 7 heteroatoms. The van der Waals surface area contributed by atoms with E-state index in [1.165, 1.54) is 16.2 Å². The highest BCUT2D eigenvalue weighted by molar-refractivity contribution is 7.19. The molecule has 4 N–H and O–H groups in total. The van der Waals surface area contributed by atoms with Crippen molar-refractivity contribution in [2.24, 2.45) is 0 Å². The number of hydrogen-bond acceptors (Lipinski definition) is 6. The molecule has 0 radical (unpaired) electrons. The van der Waals surface area contributed by atoms with E-state index < -0.39 is 0 Å². The zero-order chi connectivity index (χ0) is 15.2. The maximum Gasteiger partial charge on any atom is 0.263 e. The van der Waals surface area contributed by atoms with Crippen molar-refractivity contribution >= 4 is 39.3 Å². The van der Waals surface area contributed by atoms with E-state index in [1.54, 1.807) is 24.5 Å². The molecule has 21 heavy (non-hydrogen) atoms. The van der Waals surface area contributed by atoms with E-state index in [2.05, 4.69) is 17.2 Å². The largest absolute Gasteiger partial charge is 0.492 e. The second kappa shape index (κ2) is 7.14. The first-order chi connectivity index (χ1) is 10.2. The minimum absolute atomic E-state index is 0.222. The maximum atomic E-state index is 12.0. The van der Waals surface area contributed by atoms with Gasteiger partial charge in [-0.05, 0) is 11.4 Å². The number of rotatable bonds is 7. The van der Waals surface area contributed by atoms with Gasteiger partial charge in [-0.3, -0.25) is 4.79 Å². The predicted molar refractivity (Wildman–Crippen MR) is 89.5 cm³/mol. The zero-order valence-electron chi connectivity index (χ0n) is 11.6.